The molecule has 0 N–H and O–H groups in total. The summed E-state index contributed by atoms with van der Waals surface area (Å²) in [6.45, 7) is 9.49. The van der Waals surface area contributed by atoms with Gasteiger partial charge in [-0.25, -0.2) is 0 Å². The van der Waals surface area contributed by atoms with E-state index in [9.17, 15) is 0 Å². The standard InChI is InChI=1S/C9H18N.CH3Cl.2Zn/c1-8(2)6-5-7-9(3,4)10-8;1-2;;/h5-7H2,1-4H3;1H3;;/q-1;;;+1. The van der Waals surface area contributed by atoms with E-state index in [1.54, 1.807) is 0 Å². The van der Waals surface area contributed by atoms with Crippen molar-refractivity contribution in [2.45, 2.75) is 58.0 Å². The molecule has 0 radical (unpaired) electrons. The minimum atomic E-state index is 0. The van der Waals surface area contributed by atoms with Gasteiger partial charge in [-0.15, -0.1) is 11.6 Å². The maximum absolute atomic E-state index is 4.64. The van der Waals surface area contributed by atoms with E-state index >= 15 is 0 Å². The van der Waals surface area contributed by atoms with Gasteiger partial charge in [-0.3, -0.25) is 0 Å². The fourth-order valence-corrected chi connectivity index (χ4v) is 2.71. The topological polar surface area (TPSA) is 3.24 Å². The number of piperidine rings is 1. The molecule has 0 amide bonds. The smallest absolute Gasteiger partial charge is 0.0108 e. The Kier molecular flexibility index (Phi) is 8.87. The van der Waals surface area contributed by atoms with Crippen LogP contribution in [0.5, 0.6) is 0 Å². The fourth-order valence-electron chi connectivity index (χ4n) is 2.04. The van der Waals surface area contributed by atoms with Crippen molar-refractivity contribution in [1.82, 2.24) is 3.64 Å². The Morgan fingerprint density at radius 1 is 1.00 bits per heavy atom. The first-order valence-corrected chi connectivity index (χ1v) is 6.93. The molecule has 0 unspecified atom stereocenters. The van der Waals surface area contributed by atoms with Crippen LogP contribution in [0, 0.1) is 0 Å². The second kappa shape index (κ2) is 6.95. The molecular formula is C10H21ClNZn2. The third kappa shape index (κ3) is 4.56. The Bertz CT molecular complexity index is 144. The second-order valence-corrected chi connectivity index (χ2v) is 6.23. The third-order valence-electron chi connectivity index (χ3n) is 3.04. The monoisotopic (exact) mass is 318 g/mol. The molecule has 77 valence electrons. The molecule has 1 heterocycles. The Labute approximate surface area is 117 Å². The molecule has 1 nitrogen and oxygen atoms in total. The van der Waals surface area contributed by atoms with Gasteiger partial charge in [0, 0.05) is 25.9 Å². The first-order chi connectivity index (χ1) is 5.86. The van der Waals surface area contributed by atoms with Crippen molar-refractivity contribution in [3.8, 4) is 0 Å². The summed E-state index contributed by atoms with van der Waals surface area (Å²) in [7, 11) is 0. The van der Waals surface area contributed by atoms with Crippen molar-refractivity contribution in [2.24, 2.45) is 0 Å². The van der Waals surface area contributed by atoms with Gasteiger partial charge >= 0.3 is 80.2 Å². The van der Waals surface area contributed by atoms with Crippen molar-refractivity contribution in [2.75, 3.05) is 6.38 Å². The van der Waals surface area contributed by atoms with E-state index in [0.717, 1.165) is 0 Å². The first-order valence-electron chi connectivity index (χ1n) is 4.85. The molecule has 0 bridgehead atoms. The zero-order valence-electron chi connectivity index (χ0n) is 10.4. The van der Waals surface area contributed by atoms with E-state index in [0.29, 0.717) is 11.1 Å². The van der Waals surface area contributed by atoms with E-state index in [1.165, 1.54) is 44.2 Å². The van der Waals surface area contributed by atoms with Crippen LogP contribution in [0.15, 0.2) is 0 Å². The summed E-state index contributed by atoms with van der Waals surface area (Å²) < 4.78 is 2.64. The molecule has 14 heavy (non-hydrogen) atoms. The molecule has 0 saturated carbocycles. The number of halogens is 1. The van der Waals surface area contributed by atoms with Gasteiger partial charge in [0.2, 0.25) is 0 Å². The molecule has 4 heteroatoms. The van der Waals surface area contributed by atoms with Gasteiger partial charge in [0.1, 0.15) is 0 Å². The summed E-state index contributed by atoms with van der Waals surface area (Å²) >= 11 is 5.94. The molecule has 0 aliphatic carbocycles. The van der Waals surface area contributed by atoms with E-state index in [2.05, 4.69) is 42.9 Å². The van der Waals surface area contributed by atoms with E-state index in [1.807, 2.05) is 0 Å². The van der Waals surface area contributed by atoms with Gasteiger partial charge in [-0.1, -0.05) is 0 Å². The van der Waals surface area contributed by atoms with Crippen LogP contribution >= 0.6 is 11.6 Å². The quantitative estimate of drug-likeness (QED) is 0.488. The molecule has 1 rings (SSSR count). The molecule has 1 aliphatic heterocycles. The molecule has 0 spiro atoms. The van der Waals surface area contributed by atoms with Crippen molar-refractivity contribution >= 4 is 11.6 Å². The van der Waals surface area contributed by atoms with Crippen LogP contribution in [0.1, 0.15) is 47.0 Å². The zero-order chi connectivity index (χ0) is 10.7. The van der Waals surface area contributed by atoms with Crippen molar-refractivity contribution in [3.63, 3.8) is 0 Å². The molecule has 0 atom stereocenters. The van der Waals surface area contributed by atoms with Crippen molar-refractivity contribution in [3.05, 3.63) is 0 Å². The van der Waals surface area contributed by atoms with Crippen LogP contribution in [0.4, 0.5) is 0 Å². The predicted molar refractivity (Wildman–Crippen MR) is 55.6 cm³/mol. The molecule has 0 aromatic rings. The van der Waals surface area contributed by atoms with Gasteiger partial charge in [-0.2, -0.15) is 0 Å². The van der Waals surface area contributed by atoms with Crippen LogP contribution in [0.3, 0.4) is 0 Å². The number of nitrogens with zero attached hydrogens (tertiary/aromatic N) is 1. The van der Waals surface area contributed by atoms with Gasteiger partial charge < -0.3 is 0 Å². The minimum absolute atomic E-state index is 0. The predicted octanol–water partition coefficient (Wildman–Crippen LogP) is 3.34. The number of hydrogen-bond donors (Lipinski definition) is 0. The Morgan fingerprint density at radius 3 is 1.50 bits per heavy atom. The normalized spacial score (nSPS) is 24.3. The molecule has 0 aromatic carbocycles. The number of alkyl halides is 1. The average Bonchev–Trinajstić information content (AvgIpc) is 2.04. The van der Waals surface area contributed by atoms with E-state index in [4.69, 9.17) is 0 Å². The van der Waals surface area contributed by atoms with E-state index in [-0.39, 0.29) is 19.5 Å². The SMILES string of the molecule is CC1(C)CCCC(C)(C)[N]1[Zn].CCl.[Zn]. The van der Waals surface area contributed by atoms with Crippen LogP contribution in [-0.2, 0) is 38.0 Å². The van der Waals surface area contributed by atoms with Crippen LogP contribution < -0.4 is 0 Å². The van der Waals surface area contributed by atoms with Gasteiger partial charge in [-0.05, 0) is 0 Å². The van der Waals surface area contributed by atoms with E-state index < -0.39 is 0 Å². The molecule has 1 saturated heterocycles. The second-order valence-electron chi connectivity index (χ2n) is 4.91. The van der Waals surface area contributed by atoms with Crippen molar-refractivity contribution in [1.29, 1.82) is 0 Å². The number of rotatable bonds is 0. The minimum Gasteiger partial charge on any atom is -0.130 e. The van der Waals surface area contributed by atoms with Crippen LogP contribution in [0.2, 0.25) is 0 Å². The Morgan fingerprint density at radius 2 is 1.29 bits per heavy atom. The Balaban J connectivity index is 0. The summed E-state index contributed by atoms with van der Waals surface area (Å²) in [6, 6.07) is 0. The zero-order valence-corrected chi connectivity index (χ0v) is 17.1. The largest absolute Gasteiger partial charge is 0.130 e. The molecule has 1 aliphatic rings. The fraction of sp³-hybridized carbons (Fsp3) is 1.00. The molecular weight excluding hydrogens is 300 g/mol. The number of hydrogen-bond acceptors (Lipinski definition) is 1. The third-order valence-corrected chi connectivity index (χ3v) is 6.63. The van der Waals surface area contributed by atoms with Crippen LogP contribution in [-0.4, -0.2) is 21.1 Å². The maximum Gasteiger partial charge on any atom is 0.0108 e. The summed E-state index contributed by atoms with van der Waals surface area (Å²) in [5, 5.41) is 0. The summed E-state index contributed by atoms with van der Waals surface area (Å²) in [4.78, 5) is 0. The molecule has 0 aromatic heterocycles. The summed E-state index contributed by atoms with van der Waals surface area (Å²) in [5.74, 6) is 0. The summed E-state index contributed by atoms with van der Waals surface area (Å²) in [5.41, 5.74) is 0.920. The van der Waals surface area contributed by atoms with Crippen LogP contribution in [0.25, 0.3) is 0 Å². The van der Waals surface area contributed by atoms with Gasteiger partial charge in [0.25, 0.3) is 0 Å². The molecule has 1 fully saturated rings. The van der Waals surface area contributed by atoms with Crippen molar-refractivity contribution < 1.29 is 38.0 Å². The van der Waals surface area contributed by atoms with Gasteiger partial charge in [0.15, 0.2) is 0 Å². The Hall–Kier alpha value is 1.50. The maximum atomic E-state index is 4.64. The first kappa shape index (κ1) is 17.9. The summed E-state index contributed by atoms with van der Waals surface area (Å²) in [6.07, 6.45) is 5.61. The average molecular weight is 322 g/mol. The van der Waals surface area contributed by atoms with Gasteiger partial charge in [0.05, 0.1) is 0 Å².